The summed E-state index contributed by atoms with van der Waals surface area (Å²) in [7, 11) is 0. The Morgan fingerprint density at radius 2 is 2.44 bits per heavy atom. The minimum atomic E-state index is -0.494. The van der Waals surface area contributed by atoms with Crippen LogP contribution in [-0.2, 0) is 4.74 Å². The fourth-order valence-electron chi connectivity index (χ4n) is 1.77. The maximum absolute atomic E-state index is 10.5. The Morgan fingerprint density at radius 1 is 1.62 bits per heavy atom. The van der Waals surface area contributed by atoms with E-state index in [1.807, 2.05) is 0 Å². The molecule has 86 valence electrons. The lowest BCUT2D eigenvalue weighted by molar-refractivity contribution is -0.389. The van der Waals surface area contributed by atoms with E-state index in [-0.39, 0.29) is 11.9 Å². The van der Waals surface area contributed by atoms with Crippen LogP contribution in [0.5, 0.6) is 0 Å². The largest absolute Gasteiger partial charge is 0.377 e. The van der Waals surface area contributed by atoms with Crippen LogP contribution in [0.25, 0.3) is 0 Å². The average Bonchev–Trinajstić information content (AvgIpc) is 2.30. The number of morpholine rings is 1. The molecule has 0 spiro atoms. The van der Waals surface area contributed by atoms with Crippen LogP contribution in [0.15, 0.2) is 18.3 Å². The van der Waals surface area contributed by atoms with Gasteiger partial charge in [-0.2, -0.15) is 0 Å². The van der Waals surface area contributed by atoms with E-state index in [9.17, 15) is 10.1 Å². The summed E-state index contributed by atoms with van der Waals surface area (Å²) < 4.78 is 5.33. The van der Waals surface area contributed by atoms with Crippen molar-refractivity contribution in [1.82, 2.24) is 4.98 Å². The maximum Gasteiger partial charge on any atom is 0.363 e. The Morgan fingerprint density at radius 3 is 3.00 bits per heavy atom. The Labute approximate surface area is 93.0 Å². The lowest BCUT2D eigenvalue weighted by Crippen LogP contribution is -2.43. The summed E-state index contributed by atoms with van der Waals surface area (Å²) in [5.41, 5.74) is 0.904. The molecule has 0 saturated carbocycles. The lowest BCUT2D eigenvalue weighted by atomic mass is 10.2. The SMILES string of the molecule is CC1COCCN1c1ccc([N+](=O)[O-])nc1. The van der Waals surface area contributed by atoms with Crippen LogP contribution >= 0.6 is 0 Å². The van der Waals surface area contributed by atoms with Gasteiger partial charge < -0.3 is 19.8 Å². The number of nitrogens with zero attached hydrogens (tertiary/aromatic N) is 3. The summed E-state index contributed by atoms with van der Waals surface area (Å²) in [5, 5.41) is 10.5. The van der Waals surface area contributed by atoms with E-state index in [0.29, 0.717) is 13.2 Å². The molecule has 0 bridgehead atoms. The van der Waals surface area contributed by atoms with Gasteiger partial charge in [0.2, 0.25) is 0 Å². The van der Waals surface area contributed by atoms with E-state index >= 15 is 0 Å². The number of ether oxygens (including phenoxy) is 1. The van der Waals surface area contributed by atoms with Gasteiger partial charge in [-0.3, -0.25) is 0 Å². The molecule has 0 amide bonds. The summed E-state index contributed by atoms with van der Waals surface area (Å²) in [5.74, 6) is -0.121. The minimum Gasteiger partial charge on any atom is -0.377 e. The van der Waals surface area contributed by atoms with Gasteiger partial charge in [0, 0.05) is 18.7 Å². The van der Waals surface area contributed by atoms with Crippen molar-refractivity contribution in [2.45, 2.75) is 13.0 Å². The van der Waals surface area contributed by atoms with Crippen LogP contribution < -0.4 is 4.90 Å². The molecule has 0 radical (unpaired) electrons. The average molecular weight is 223 g/mol. The predicted molar refractivity (Wildman–Crippen MR) is 58.5 cm³/mol. The summed E-state index contributed by atoms with van der Waals surface area (Å²) in [4.78, 5) is 15.9. The van der Waals surface area contributed by atoms with Crippen LogP contribution in [0, 0.1) is 10.1 Å². The van der Waals surface area contributed by atoms with E-state index in [1.165, 1.54) is 6.07 Å². The van der Waals surface area contributed by atoms with Gasteiger partial charge in [-0.1, -0.05) is 0 Å². The highest BCUT2D eigenvalue weighted by Crippen LogP contribution is 2.20. The number of anilines is 1. The van der Waals surface area contributed by atoms with Crippen LogP contribution in [0.3, 0.4) is 0 Å². The number of aromatic nitrogens is 1. The van der Waals surface area contributed by atoms with Crippen molar-refractivity contribution in [3.63, 3.8) is 0 Å². The Balaban J connectivity index is 2.17. The van der Waals surface area contributed by atoms with Crippen molar-refractivity contribution in [2.24, 2.45) is 0 Å². The van der Waals surface area contributed by atoms with Crippen molar-refractivity contribution >= 4 is 11.5 Å². The summed E-state index contributed by atoms with van der Waals surface area (Å²) in [6.07, 6.45) is 1.54. The Kier molecular flexibility index (Phi) is 3.00. The number of hydrogen-bond acceptors (Lipinski definition) is 5. The monoisotopic (exact) mass is 223 g/mol. The van der Waals surface area contributed by atoms with Gasteiger partial charge in [-0.15, -0.1) is 0 Å². The second-order valence-corrected chi connectivity index (χ2v) is 3.75. The first-order valence-corrected chi connectivity index (χ1v) is 5.13. The molecular weight excluding hydrogens is 210 g/mol. The summed E-state index contributed by atoms with van der Waals surface area (Å²) >= 11 is 0. The molecule has 1 aromatic rings. The minimum absolute atomic E-state index is 0.121. The molecule has 2 heterocycles. The van der Waals surface area contributed by atoms with Gasteiger partial charge in [-0.05, 0) is 22.9 Å². The third-order valence-electron chi connectivity index (χ3n) is 2.62. The Hall–Kier alpha value is -1.69. The lowest BCUT2D eigenvalue weighted by Gasteiger charge is -2.34. The topological polar surface area (TPSA) is 68.5 Å². The predicted octanol–water partition coefficient (Wildman–Crippen LogP) is 1.21. The van der Waals surface area contributed by atoms with Crippen molar-refractivity contribution in [2.75, 3.05) is 24.7 Å². The molecule has 1 saturated heterocycles. The van der Waals surface area contributed by atoms with E-state index < -0.39 is 4.92 Å². The van der Waals surface area contributed by atoms with Crippen LogP contribution in [0.2, 0.25) is 0 Å². The smallest absolute Gasteiger partial charge is 0.363 e. The molecule has 1 aliphatic heterocycles. The molecule has 1 aromatic heterocycles. The molecule has 2 rings (SSSR count). The first-order chi connectivity index (χ1) is 7.68. The van der Waals surface area contributed by atoms with Gasteiger partial charge in [0.05, 0.1) is 18.9 Å². The van der Waals surface area contributed by atoms with E-state index in [2.05, 4.69) is 16.8 Å². The second kappa shape index (κ2) is 4.44. The number of hydrogen-bond donors (Lipinski definition) is 0. The van der Waals surface area contributed by atoms with Gasteiger partial charge in [0.25, 0.3) is 0 Å². The molecule has 0 aliphatic carbocycles. The molecule has 0 N–H and O–H groups in total. The van der Waals surface area contributed by atoms with E-state index in [1.54, 1.807) is 12.3 Å². The molecule has 16 heavy (non-hydrogen) atoms. The third kappa shape index (κ3) is 2.11. The number of pyridine rings is 1. The normalized spacial score (nSPS) is 20.8. The highest BCUT2D eigenvalue weighted by Gasteiger charge is 2.20. The van der Waals surface area contributed by atoms with Gasteiger partial charge in [-0.25, -0.2) is 0 Å². The molecule has 6 nitrogen and oxygen atoms in total. The first-order valence-electron chi connectivity index (χ1n) is 5.13. The third-order valence-corrected chi connectivity index (χ3v) is 2.62. The number of nitro groups is 1. The Bertz CT molecular complexity index is 379. The van der Waals surface area contributed by atoms with E-state index in [0.717, 1.165) is 12.2 Å². The van der Waals surface area contributed by atoms with Crippen molar-refractivity contribution < 1.29 is 9.66 Å². The van der Waals surface area contributed by atoms with Crippen molar-refractivity contribution in [1.29, 1.82) is 0 Å². The van der Waals surface area contributed by atoms with Crippen LogP contribution in [0.1, 0.15) is 6.92 Å². The first kappa shape index (κ1) is 10.8. The fourth-order valence-corrected chi connectivity index (χ4v) is 1.77. The van der Waals surface area contributed by atoms with Crippen molar-refractivity contribution in [3.8, 4) is 0 Å². The zero-order valence-corrected chi connectivity index (χ0v) is 9.00. The molecule has 1 atom stereocenters. The van der Waals surface area contributed by atoms with Crippen LogP contribution in [-0.4, -0.2) is 35.7 Å². The molecule has 6 heteroatoms. The molecule has 1 fully saturated rings. The zero-order valence-electron chi connectivity index (χ0n) is 9.00. The second-order valence-electron chi connectivity index (χ2n) is 3.75. The molecular formula is C10H13N3O3. The molecule has 1 aliphatic rings. The van der Waals surface area contributed by atoms with Gasteiger partial charge >= 0.3 is 5.82 Å². The fraction of sp³-hybridized carbons (Fsp3) is 0.500. The summed E-state index contributed by atoms with van der Waals surface area (Å²) in [6.45, 7) is 4.21. The number of rotatable bonds is 2. The highest BCUT2D eigenvalue weighted by atomic mass is 16.6. The highest BCUT2D eigenvalue weighted by molar-refractivity contribution is 5.47. The van der Waals surface area contributed by atoms with E-state index in [4.69, 9.17) is 4.74 Å². The van der Waals surface area contributed by atoms with Crippen LogP contribution in [0.4, 0.5) is 11.5 Å². The molecule has 1 unspecified atom stereocenters. The maximum atomic E-state index is 10.5. The van der Waals surface area contributed by atoms with Crippen molar-refractivity contribution in [3.05, 3.63) is 28.4 Å². The zero-order chi connectivity index (χ0) is 11.5. The van der Waals surface area contributed by atoms with Gasteiger partial charge in [0.1, 0.15) is 0 Å². The standard InChI is InChI=1S/C10H13N3O3/c1-8-7-16-5-4-12(8)9-2-3-10(11-6-9)13(14)15/h2-3,6,8H,4-5,7H2,1H3. The van der Waals surface area contributed by atoms with Gasteiger partial charge in [0.15, 0.2) is 6.20 Å². The quantitative estimate of drug-likeness (QED) is 0.557. The summed E-state index contributed by atoms with van der Waals surface area (Å²) in [6, 6.07) is 3.43. The molecule has 0 aromatic carbocycles.